The van der Waals surface area contributed by atoms with Crippen molar-refractivity contribution in [3.63, 3.8) is 0 Å². The molecular formula is C24H37NO4S. The van der Waals surface area contributed by atoms with Crippen LogP contribution in [0.3, 0.4) is 0 Å². The van der Waals surface area contributed by atoms with E-state index in [1.807, 2.05) is 12.2 Å². The summed E-state index contributed by atoms with van der Waals surface area (Å²) in [5, 5.41) is 2.45. The summed E-state index contributed by atoms with van der Waals surface area (Å²) in [6.45, 7) is 2.07. The van der Waals surface area contributed by atoms with Gasteiger partial charge in [-0.2, -0.15) is 8.42 Å². The maximum absolute atomic E-state index is 11.5. The highest BCUT2D eigenvalue weighted by Gasteiger charge is 2.05. The summed E-state index contributed by atoms with van der Waals surface area (Å²) in [6.07, 6.45) is 32.2. The average molecular weight is 436 g/mol. The molecule has 0 bridgehead atoms. The zero-order valence-corrected chi connectivity index (χ0v) is 18.9. The van der Waals surface area contributed by atoms with E-state index in [1.54, 1.807) is 0 Å². The van der Waals surface area contributed by atoms with E-state index in [2.05, 4.69) is 73.0 Å². The molecule has 0 aliphatic rings. The first-order chi connectivity index (χ1) is 14.5. The van der Waals surface area contributed by atoms with Gasteiger partial charge in [-0.1, -0.05) is 79.8 Å². The van der Waals surface area contributed by atoms with Crippen molar-refractivity contribution in [2.45, 2.75) is 58.3 Å². The van der Waals surface area contributed by atoms with Crippen LogP contribution in [0.1, 0.15) is 58.3 Å². The first kappa shape index (κ1) is 27.8. The third-order valence-corrected chi connectivity index (χ3v) is 4.54. The predicted octanol–water partition coefficient (Wildman–Crippen LogP) is 5.47. The van der Waals surface area contributed by atoms with Crippen molar-refractivity contribution in [3.05, 3.63) is 72.9 Å². The quantitative estimate of drug-likeness (QED) is 0.234. The Morgan fingerprint density at radius 2 is 1.13 bits per heavy atom. The van der Waals surface area contributed by atoms with Crippen molar-refractivity contribution in [3.8, 4) is 0 Å². The Balaban J connectivity index is 3.62. The Morgan fingerprint density at radius 3 is 1.53 bits per heavy atom. The van der Waals surface area contributed by atoms with Crippen molar-refractivity contribution in [2.24, 2.45) is 0 Å². The minimum absolute atomic E-state index is 0.0680. The molecule has 0 spiro atoms. The van der Waals surface area contributed by atoms with E-state index in [4.69, 9.17) is 4.55 Å². The van der Waals surface area contributed by atoms with Gasteiger partial charge in [-0.15, -0.1) is 0 Å². The molecule has 30 heavy (non-hydrogen) atoms. The molecule has 0 rings (SSSR count). The lowest BCUT2D eigenvalue weighted by Crippen LogP contribution is -2.28. The first-order valence-corrected chi connectivity index (χ1v) is 12.2. The lowest BCUT2D eigenvalue weighted by molar-refractivity contribution is -0.120. The lowest BCUT2D eigenvalue weighted by atomic mass is 10.2. The highest BCUT2D eigenvalue weighted by atomic mass is 32.2. The van der Waals surface area contributed by atoms with E-state index in [9.17, 15) is 13.2 Å². The molecule has 2 N–H and O–H groups in total. The van der Waals surface area contributed by atoms with Crippen LogP contribution in [0.25, 0.3) is 0 Å². The normalized spacial score (nSPS) is 13.3. The molecule has 0 unspecified atom stereocenters. The van der Waals surface area contributed by atoms with Crippen molar-refractivity contribution in [1.29, 1.82) is 0 Å². The third kappa shape index (κ3) is 23.9. The maximum atomic E-state index is 11.5. The fourth-order valence-corrected chi connectivity index (χ4v) is 2.62. The number of carbonyl (C=O) groups is 1. The van der Waals surface area contributed by atoms with Crippen LogP contribution in [0.15, 0.2) is 72.9 Å². The highest BCUT2D eigenvalue weighted by Crippen LogP contribution is 1.97. The van der Waals surface area contributed by atoms with Gasteiger partial charge in [-0.25, -0.2) is 0 Å². The van der Waals surface area contributed by atoms with Crippen LogP contribution in [0, 0.1) is 0 Å². The monoisotopic (exact) mass is 435 g/mol. The topological polar surface area (TPSA) is 83.5 Å². The molecule has 0 aromatic heterocycles. The zero-order valence-electron chi connectivity index (χ0n) is 18.1. The van der Waals surface area contributed by atoms with E-state index in [-0.39, 0.29) is 12.5 Å². The molecule has 6 heteroatoms. The van der Waals surface area contributed by atoms with Crippen LogP contribution in [0.4, 0.5) is 0 Å². The Labute approximate surface area is 182 Å². The SMILES string of the molecule is CC/C=C/C/C=C/C/C=C/C/C=C/C/C=C/C/C=C/CCC(=O)NCCS(=O)(=O)O. The number of hydrogen-bond donors (Lipinski definition) is 2. The Kier molecular flexibility index (Phi) is 18.6. The number of hydrogen-bond acceptors (Lipinski definition) is 3. The lowest BCUT2D eigenvalue weighted by Gasteiger charge is -2.01. The molecule has 0 aliphatic carbocycles. The highest BCUT2D eigenvalue weighted by molar-refractivity contribution is 7.85. The fraction of sp³-hybridized carbons (Fsp3) is 0.458. The summed E-state index contributed by atoms with van der Waals surface area (Å²) in [7, 11) is -4.02. The summed E-state index contributed by atoms with van der Waals surface area (Å²) < 4.78 is 29.6. The Morgan fingerprint density at radius 1 is 0.733 bits per heavy atom. The van der Waals surface area contributed by atoms with Crippen LogP contribution in [0.5, 0.6) is 0 Å². The van der Waals surface area contributed by atoms with E-state index < -0.39 is 15.9 Å². The number of amides is 1. The van der Waals surface area contributed by atoms with Gasteiger partial charge in [0.05, 0.1) is 5.75 Å². The first-order valence-electron chi connectivity index (χ1n) is 10.6. The molecule has 0 radical (unpaired) electrons. The molecular weight excluding hydrogens is 398 g/mol. The number of nitrogens with one attached hydrogen (secondary N) is 1. The van der Waals surface area contributed by atoms with Crippen molar-refractivity contribution >= 4 is 16.0 Å². The van der Waals surface area contributed by atoms with Gasteiger partial charge in [0.25, 0.3) is 10.1 Å². The summed E-state index contributed by atoms with van der Waals surface area (Å²) in [6, 6.07) is 0. The summed E-state index contributed by atoms with van der Waals surface area (Å²) in [4.78, 5) is 11.5. The minimum Gasteiger partial charge on any atom is -0.355 e. The van der Waals surface area contributed by atoms with Crippen molar-refractivity contribution < 1.29 is 17.8 Å². The van der Waals surface area contributed by atoms with Gasteiger partial charge in [-0.05, 0) is 44.9 Å². The summed E-state index contributed by atoms with van der Waals surface area (Å²) >= 11 is 0. The predicted molar refractivity (Wildman–Crippen MR) is 127 cm³/mol. The molecule has 0 fully saturated rings. The molecule has 0 aromatic carbocycles. The summed E-state index contributed by atoms with van der Waals surface area (Å²) in [5.74, 6) is -0.684. The molecule has 0 saturated carbocycles. The van der Waals surface area contributed by atoms with E-state index >= 15 is 0 Å². The van der Waals surface area contributed by atoms with Crippen molar-refractivity contribution in [2.75, 3.05) is 12.3 Å². The van der Waals surface area contributed by atoms with Crippen LogP contribution >= 0.6 is 0 Å². The maximum Gasteiger partial charge on any atom is 0.266 e. The van der Waals surface area contributed by atoms with Crippen LogP contribution < -0.4 is 5.32 Å². The van der Waals surface area contributed by atoms with E-state index in [0.717, 1.165) is 38.5 Å². The number of rotatable bonds is 17. The Hall–Kier alpha value is -2.18. The second-order valence-electron chi connectivity index (χ2n) is 6.59. The second-order valence-corrected chi connectivity index (χ2v) is 8.16. The molecule has 168 valence electrons. The molecule has 0 aliphatic heterocycles. The molecule has 0 saturated heterocycles. The molecule has 0 atom stereocenters. The third-order valence-electron chi connectivity index (χ3n) is 3.82. The van der Waals surface area contributed by atoms with Gasteiger partial charge in [0.1, 0.15) is 0 Å². The minimum atomic E-state index is -4.02. The van der Waals surface area contributed by atoms with Gasteiger partial charge in [-0.3, -0.25) is 9.35 Å². The van der Waals surface area contributed by atoms with Crippen LogP contribution in [-0.4, -0.2) is 31.2 Å². The number of allylic oxidation sites excluding steroid dienone is 12. The average Bonchev–Trinajstić information content (AvgIpc) is 2.68. The summed E-state index contributed by atoms with van der Waals surface area (Å²) in [5.41, 5.74) is 0. The van der Waals surface area contributed by atoms with Crippen LogP contribution in [-0.2, 0) is 14.9 Å². The molecule has 0 heterocycles. The largest absolute Gasteiger partial charge is 0.355 e. The van der Waals surface area contributed by atoms with Crippen molar-refractivity contribution in [1.82, 2.24) is 5.32 Å². The standard InChI is InChI=1S/C24H37NO4S/c1-2-3-4-5-6-7-8-9-10-11-12-13-14-15-16-17-18-19-20-21-24(26)25-22-23-30(27,28)29/h3-4,6-7,9-10,12-13,15-16,18-19H,2,5,8,11,14,17,20-23H2,1H3,(H,25,26)(H,27,28,29)/b4-3+,7-6+,10-9+,13-12+,16-15+,19-18+. The molecule has 5 nitrogen and oxygen atoms in total. The van der Waals surface area contributed by atoms with E-state index in [0.29, 0.717) is 12.8 Å². The molecule has 1 amide bonds. The van der Waals surface area contributed by atoms with Gasteiger partial charge in [0.2, 0.25) is 5.91 Å². The zero-order chi connectivity index (χ0) is 22.3. The van der Waals surface area contributed by atoms with Gasteiger partial charge in [0.15, 0.2) is 0 Å². The Bertz CT molecular complexity index is 713. The second kappa shape index (κ2) is 20.1. The van der Waals surface area contributed by atoms with E-state index in [1.165, 1.54) is 0 Å². The van der Waals surface area contributed by atoms with Crippen LogP contribution in [0.2, 0.25) is 0 Å². The number of carbonyl (C=O) groups excluding carboxylic acids is 1. The van der Waals surface area contributed by atoms with Gasteiger partial charge >= 0.3 is 0 Å². The van der Waals surface area contributed by atoms with Gasteiger partial charge in [0, 0.05) is 13.0 Å². The molecule has 0 aromatic rings. The smallest absolute Gasteiger partial charge is 0.266 e. The fourth-order valence-electron chi connectivity index (χ4n) is 2.26. The van der Waals surface area contributed by atoms with Gasteiger partial charge < -0.3 is 5.32 Å².